The minimum Gasteiger partial charge on any atom is -0.345 e. The maximum Gasteiger partial charge on any atom is 0.252 e. The number of fused-ring (bicyclic) bond motifs is 2. The Kier molecular flexibility index (Phi) is 7.35. The quantitative estimate of drug-likeness (QED) is 0.260. The van der Waals surface area contributed by atoms with Crippen LogP contribution in [0.1, 0.15) is 55.1 Å². The van der Waals surface area contributed by atoms with Crippen LogP contribution in [0.5, 0.6) is 0 Å². The molecule has 2 heterocycles. The zero-order valence-corrected chi connectivity index (χ0v) is 22.6. The second kappa shape index (κ2) is 10.8. The Labute approximate surface area is 227 Å². The van der Waals surface area contributed by atoms with Gasteiger partial charge in [0.1, 0.15) is 0 Å². The molecular weight excluding hydrogens is 580 g/mol. The molecule has 0 aromatic heterocycles. The summed E-state index contributed by atoms with van der Waals surface area (Å²) < 4.78 is 2.10. The van der Waals surface area contributed by atoms with Crippen LogP contribution in [0.15, 0.2) is 106 Å². The third kappa shape index (κ3) is 5.45. The highest BCUT2D eigenvalue weighted by atomic mass is 79.9. The van der Waals surface area contributed by atoms with E-state index in [0.29, 0.717) is 0 Å². The van der Waals surface area contributed by atoms with Gasteiger partial charge in [-0.05, 0) is 71.5 Å². The van der Waals surface area contributed by atoms with Crippen molar-refractivity contribution in [1.29, 1.82) is 0 Å². The highest BCUT2D eigenvalue weighted by Crippen LogP contribution is 2.28. The van der Waals surface area contributed by atoms with Gasteiger partial charge in [-0.1, -0.05) is 92.5 Å². The summed E-state index contributed by atoms with van der Waals surface area (Å²) >= 11 is 6.84. The molecule has 0 saturated carbocycles. The number of carbonyl (C=O) groups excluding carboxylic acids is 2. The topological polar surface area (TPSA) is 58.2 Å². The molecule has 180 valence electrons. The molecule has 0 fully saturated rings. The molecule has 36 heavy (non-hydrogen) atoms. The Hall–Kier alpha value is -3.22. The fourth-order valence-electron chi connectivity index (χ4n) is 4.65. The monoisotopic (exact) mass is 602 g/mol. The maximum absolute atomic E-state index is 12.0. The summed E-state index contributed by atoms with van der Waals surface area (Å²) in [5, 5.41) is 6.11. The van der Waals surface area contributed by atoms with Crippen LogP contribution in [0.4, 0.5) is 0 Å². The molecule has 4 aromatic carbocycles. The van der Waals surface area contributed by atoms with Crippen molar-refractivity contribution < 1.29 is 9.59 Å². The Morgan fingerprint density at radius 3 is 1.28 bits per heavy atom. The van der Waals surface area contributed by atoms with Gasteiger partial charge < -0.3 is 10.6 Å². The van der Waals surface area contributed by atoms with Crippen LogP contribution in [0.2, 0.25) is 0 Å². The van der Waals surface area contributed by atoms with Crippen LogP contribution in [-0.4, -0.2) is 11.8 Å². The van der Waals surface area contributed by atoms with Crippen molar-refractivity contribution in [1.82, 2.24) is 10.6 Å². The number of rotatable bonds is 2. The van der Waals surface area contributed by atoms with Crippen LogP contribution in [-0.2, 0) is 12.8 Å². The number of halogens is 2. The van der Waals surface area contributed by atoms with Crippen molar-refractivity contribution in [2.45, 2.75) is 24.9 Å². The maximum atomic E-state index is 12.0. The minimum absolute atomic E-state index is 0.0183. The third-order valence-corrected chi connectivity index (χ3v) is 7.58. The SMILES string of the molecule is O=C1N[C@@H](c2ccc(Br)cc2)Cc2ccccc21.O=C1N[C@H](c2ccc(Br)cc2)Cc2ccccc21. The summed E-state index contributed by atoms with van der Waals surface area (Å²) in [5.74, 6) is 0.0366. The lowest BCUT2D eigenvalue weighted by atomic mass is 9.91. The fourth-order valence-corrected chi connectivity index (χ4v) is 5.17. The molecule has 0 radical (unpaired) electrons. The average molecular weight is 604 g/mol. The average Bonchev–Trinajstić information content (AvgIpc) is 2.90. The van der Waals surface area contributed by atoms with Gasteiger partial charge in [0.25, 0.3) is 11.8 Å². The summed E-state index contributed by atoms with van der Waals surface area (Å²) in [6.07, 6.45) is 1.70. The molecule has 0 bridgehead atoms. The lowest BCUT2D eigenvalue weighted by Crippen LogP contribution is -2.35. The zero-order chi connectivity index (χ0) is 25.1. The molecule has 0 aliphatic carbocycles. The summed E-state index contributed by atoms with van der Waals surface area (Å²) in [7, 11) is 0. The van der Waals surface area contributed by atoms with Crippen molar-refractivity contribution in [3.8, 4) is 0 Å². The van der Waals surface area contributed by atoms with Crippen molar-refractivity contribution in [2.75, 3.05) is 0 Å². The van der Waals surface area contributed by atoms with E-state index in [1.165, 1.54) is 0 Å². The third-order valence-electron chi connectivity index (χ3n) is 6.53. The fraction of sp³-hybridized carbons (Fsp3) is 0.133. The number of hydrogen-bond donors (Lipinski definition) is 2. The van der Waals surface area contributed by atoms with E-state index in [0.717, 1.165) is 55.2 Å². The molecule has 6 heteroatoms. The number of amides is 2. The molecular formula is C30H24Br2N2O2. The van der Waals surface area contributed by atoms with E-state index in [-0.39, 0.29) is 23.9 Å². The van der Waals surface area contributed by atoms with Crippen LogP contribution in [0.25, 0.3) is 0 Å². The van der Waals surface area contributed by atoms with Crippen LogP contribution in [0.3, 0.4) is 0 Å². The molecule has 0 spiro atoms. The first-order valence-electron chi connectivity index (χ1n) is 11.8. The number of benzene rings is 4. The Morgan fingerprint density at radius 2 is 0.889 bits per heavy atom. The summed E-state index contributed by atoms with van der Waals surface area (Å²) in [6, 6.07) is 31.9. The summed E-state index contributed by atoms with van der Waals surface area (Å²) in [4.78, 5) is 24.0. The van der Waals surface area contributed by atoms with Gasteiger partial charge >= 0.3 is 0 Å². The van der Waals surface area contributed by atoms with Crippen LogP contribution >= 0.6 is 31.9 Å². The van der Waals surface area contributed by atoms with Gasteiger partial charge in [0, 0.05) is 20.1 Å². The second-order valence-corrected chi connectivity index (χ2v) is 10.7. The molecule has 4 aromatic rings. The second-order valence-electron chi connectivity index (χ2n) is 8.88. The van der Waals surface area contributed by atoms with E-state index in [1.54, 1.807) is 0 Å². The van der Waals surface area contributed by atoms with E-state index in [4.69, 9.17) is 0 Å². The molecule has 2 aliphatic heterocycles. The number of carbonyl (C=O) groups is 2. The van der Waals surface area contributed by atoms with E-state index in [9.17, 15) is 9.59 Å². The first kappa shape index (κ1) is 24.5. The largest absolute Gasteiger partial charge is 0.345 e. The molecule has 4 nitrogen and oxygen atoms in total. The van der Waals surface area contributed by atoms with Gasteiger partial charge in [-0.25, -0.2) is 0 Å². The molecule has 2 N–H and O–H groups in total. The van der Waals surface area contributed by atoms with Gasteiger partial charge in [0.2, 0.25) is 0 Å². The van der Waals surface area contributed by atoms with E-state index < -0.39 is 0 Å². The standard InChI is InChI=1S/2C15H12BrNO/c2*16-12-7-5-10(6-8-12)14-9-11-3-1-2-4-13(11)15(18)17-14/h2*1-8,14H,9H2,(H,17,18)/t2*14-/m10/s1. The lowest BCUT2D eigenvalue weighted by molar-refractivity contribution is 0.0916. The number of nitrogens with one attached hydrogen (secondary N) is 2. The molecule has 6 rings (SSSR count). The summed E-state index contributed by atoms with van der Waals surface area (Å²) in [6.45, 7) is 0. The molecule has 2 amide bonds. The molecule has 0 saturated heterocycles. The highest BCUT2D eigenvalue weighted by molar-refractivity contribution is 9.10. The van der Waals surface area contributed by atoms with Gasteiger partial charge in [-0.15, -0.1) is 0 Å². The highest BCUT2D eigenvalue weighted by Gasteiger charge is 2.25. The van der Waals surface area contributed by atoms with Crippen LogP contribution < -0.4 is 10.6 Å². The first-order chi connectivity index (χ1) is 17.5. The Morgan fingerprint density at radius 1 is 0.528 bits per heavy atom. The van der Waals surface area contributed by atoms with E-state index >= 15 is 0 Å². The first-order valence-corrected chi connectivity index (χ1v) is 13.3. The molecule has 0 unspecified atom stereocenters. The van der Waals surface area contributed by atoms with Gasteiger partial charge in [0.15, 0.2) is 0 Å². The zero-order valence-electron chi connectivity index (χ0n) is 19.4. The van der Waals surface area contributed by atoms with Crippen molar-refractivity contribution in [3.63, 3.8) is 0 Å². The number of hydrogen-bond acceptors (Lipinski definition) is 2. The van der Waals surface area contributed by atoms with Crippen molar-refractivity contribution >= 4 is 43.7 Å². The predicted octanol–water partition coefficient (Wildman–Crippen LogP) is 6.95. The van der Waals surface area contributed by atoms with E-state index in [1.807, 2.05) is 97.1 Å². The Bertz CT molecular complexity index is 1290. The van der Waals surface area contributed by atoms with Gasteiger partial charge in [0.05, 0.1) is 12.1 Å². The molecule has 2 atom stereocenters. The van der Waals surface area contributed by atoms with E-state index in [2.05, 4.69) is 42.5 Å². The van der Waals surface area contributed by atoms with Crippen LogP contribution in [0, 0.1) is 0 Å². The Balaban J connectivity index is 0.000000148. The predicted molar refractivity (Wildman–Crippen MR) is 149 cm³/mol. The minimum atomic E-state index is 0.0183. The normalized spacial score (nSPS) is 18.1. The smallest absolute Gasteiger partial charge is 0.252 e. The van der Waals surface area contributed by atoms with Crippen molar-refractivity contribution in [2.24, 2.45) is 0 Å². The lowest BCUT2D eigenvalue weighted by Gasteiger charge is -2.26. The molecule has 2 aliphatic rings. The van der Waals surface area contributed by atoms with Gasteiger partial charge in [-0.3, -0.25) is 9.59 Å². The van der Waals surface area contributed by atoms with Crippen molar-refractivity contribution in [3.05, 3.63) is 139 Å². The summed E-state index contributed by atoms with van der Waals surface area (Å²) in [5.41, 5.74) is 6.11. The van der Waals surface area contributed by atoms with Gasteiger partial charge in [-0.2, -0.15) is 0 Å².